The van der Waals surface area contributed by atoms with Crippen molar-refractivity contribution in [2.75, 3.05) is 49.4 Å². The molecule has 1 amide bonds. The summed E-state index contributed by atoms with van der Waals surface area (Å²) in [6.07, 6.45) is 3.40. The number of benzene rings is 2. The molecular formula is C25H29N5O2. The average Bonchev–Trinajstić information content (AvgIpc) is 2.84. The van der Waals surface area contributed by atoms with Gasteiger partial charge in [0, 0.05) is 50.2 Å². The predicted octanol–water partition coefficient (Wildman–Crippen LogP) is 4.07. The van der Waals surface area contributed by atoms with Gasteiger partial charge in [-0.15, -0.1) is 0 Å². The topological polar surface area (TPSA) is 70.6 Å². The number of amides is 1. The quantitative estimate of drug-likeness (QED) is 0.634. The van der Waals surface area contributed by atoms with Gasteiger partial charge < -0.3 is 19.9 Å². The summed E-state index contributed by atoms with van der Waals surface area (Å²) < 4.78 is 5.24. The van der Waals surface area contributed by atoms with Crippen molar-refractivity contribution in [1.82, 2.24) is 9.97 Å². The maximum atomic E-state index is 12.9. The standard InChI is InChI=1S/C25H29N5O2/c1-29(2)21-10-8-20(9-11-21)28-25(31)19-5-4-14-30(16-19)24-15-23(26-17-27-24)18-6-12-22(32-3)13-7-18/h6-13,15,17,19H,4-5,14,16H2,1-3H3,(H,28,31). The first-order valence-corrected chi connectivity index (χ1v) is 10.8. The lowest BCUT2D eigenvalue weighted by Gasteiger charge is -2.33. The van der Waals surface area contributed by atoms with E-state index < -0.39 is 0 Å². The van der Waals surface area contributed by atoms with Crippen molar-refractivity contribution in [2.24, 2.45) is 5.92 Å². The number of methoxy groups -OCH3 is 1. The summed E-state index contributed by atoms with van der Waals surface area (Å²) in [7, 11) is 5.65. The highest BCUT2D eigenvalue weighted by Gasteiger charge is 2.27. The molecule has 1 atom stereocenters. The fraction of sp³-hybridized carbons (Fsp3) is 0.320. The second-order valence-electron chi connectivity index (χ2n) is 8.21. The first-order chi connectivity index (χ1) is 15.5. The number of hydrogen-bond donors (Lipinski definition) is 1. The average molecular weight is 432 g/mol. The largest absolute Gasteiger partial charge is 0.497 e. The van der Waals surface area contributed by atoms with Crippen molar-refractivity contribution < 1.29 is 9.53 Å². The van der Waals surface area contributed by atoms with Crippen LogP contribution in [0.1, 0.15) is 12.8 Å². The van der Waals surface area contributed by atoms with E-state index in [2.05, 4.69) is 20.2 Å². The van der Waals surface area contributed by atoms with Gasteiger partial charge in [-0.2, -0.15) is 0 Å². The third kappa shape index (κ3) is 4.99. The monoisotopic (exact) mass is 431 g/mol. The van der Waals surface area contributed by atoms with Gasteiger partial charge in [0.05, 0.1) is 18.7 Å². The van der Waals surface area contributed by atoms with Crippen LogP contribution in [0.25, 0.3) is 11.3 Å². The van der Waals surface area contributed by atoms with Crippen LogP contribution < -0.4 is 19.9 Å². The lowest BCUT2D eigenvalue weighted by molar-refractivity contribution is -0.120. The minimum absolute atomic E-state index is 0.0525. The third-order valence-electron chi connectivity index (χ3n) is 5.81. The fourth-order valence-electron chi connectivity index (χ4n) is 3.93. The number of nitrogens with one attached hydrogen (secondary N) is 1. The molecule has 1 N–H and O–H groups in total. The van der Waals surface area contributed by atoms with Crippen LogP contribution in [0.4, 0.5) is 17.2 Å². The molecule has 2 heterocycles. The molecule has 0 spiro atoms. The van der Waals surface area contributed by atoms with E-state index in [9.17, 15) is 4.79 Å². The van der Waals surface area contributed by atoms with Gasteiger partial charge in [0.1, 0.15) is 17.9 Å². The molecule has 1 unspecified atom stereocenters. The third-order valence-corrected chi connectivity index (χ3v) is 5.81. The smallest absolute Gasteiger partial charge is 0.229 e. The van der Waals surface area contributed by atoms with Gasteiger partial charge in [-0.05, 0) is 61.4 Å². The van der Waals surface area contributed by atoms with Crippen LogP contribution >= 0.6 is 0 Å². The summed E-state index contributed by atoms with van der Waals surface area (Å²) in [5.41, 5.74) is 3.77. The lowest BCUT2D eigenvalue weighted by Crippen LogP contribution is -2.41. The van der Waals surface area contributed by atoms with Crippen molar-refractivity contribution in [1.29, 1.82) is 0 Å². The molecule has 1 aromatic heterocycles. The maximum absolute atomic E-state index is 12.9. The summed E-state index contributed by atoms with van der Waals surface area (Å²) in [6, 6.07) is 17.7. The van der Waals surface area contributed by atoms with E-state index in [1.165, 1.54) is 0 Å². The number of ether oxygens (including phenoxy) is 1. The molecule has 0 radical (unpaired) electrons. The van der Waals surface area contributed by atoms with Crippen LogP contribution in [0.3, 0.4) is 0 Å². The van der Waals surface area contributed by atoms with Gasteiger partial charge in [-0.3, -0.25) is 4.79 Å². The Hall–Kier alpha value is -3.61. The molecule has 1 aliphatic rings. The molecule has 166 valence electrons. The Morgan fingerprint density at radius 2 is 1.84 bits per heavy atom. The number of carbonyl (C=O) groups is 1. The molecular weight excluding hydrogens is 402 g/mol. The van der Waals surface area contributed by atoms with E-state index in [0.29, 0.717) is 6.54 Å². The maximum Gasteiger partial charge on any atom is 0.229 e. The number of piperidine rings is 1. The van der Waals surface area contributed by atoms with Gasteiger partial charge in [0.2, 0.25) is 5.91 Å². The number of aromatic nitrogens is 2. The molecule has 7 nitrogen and oxygen atoms in total. The van der Waals surface area contributed by atoms with Crippen molar-refractivity contribution in [3.63, 3.8) is 0 Å². The van der Waals surface area contributed by atoms with E-state index in [1.54, 1.807) is 13.4 Å². The van der Waals surface area contributed by atoms with Crippen LogP contribution in [0.15, 0.2) is 60.9 Å². The van der Waals surface area contributed by atoms with Crippen molar-refractivity contribution >= 4 is 23.1 Å². The summed E-state index contributed by atoms with van der Waals surface area (Å²) in [4.78, 5) is 26.0. The van der Waals surface area contributed by atoms with E-state index in [0.717, 1.165) is 53.6 Å². The zero-order valence-electron chi connectivity index (χ0n) is 18.8. The first kappa shape index (κ1) is 21.6. The molecule has 3 aromatic rings. The van der Waals surface area contributed by atoms with E-state index in [-0.39, 0.29) is 11.8 Å². The Balaban J connectivity index is 1.43. The lowest BCUT2D eigenvalue weighted by atomic mass is 9.97. The Morgan fingerprint density at radius 3 is 2.53 bits per heavy atom. The van der Waals surface area contributed by atoms with Crippen LogP contribution in [0, 0.1) is 5.92 Å². The zero-order chi connectivity index (χ0) is 22.5. The highest BCUT2D eigenvalue weighted by molar-refractivity contribution is 5.93. The van der Waals surface area contributed by atoms with Gasteiger partial charge in [0.15, 0.2) is 0 Å². The fourth-order valence-corrected chi connectivity index (χ4v) is 3.93. The molecule has 7 heteroatoms. The zero-order valence-corrected chi connectivity index (χ0v) is 18.8. The molecule has 0 bridgehead atoms. The van der Waals surface area contributed by atoms with Crippen molar-refractivity contribution in [3.8, 4) is 17.0 Å². The highest BCUT2D eigenvalue weighted by atomic mass is 16.5. The van der Waals surface area contributed by atoms with Gasteiger partial charge in [-0.25, -0.2) is 9.97 Å². The number of anilines is 3. The second-order valence-corrected chi connectivity index (χ2v) is 8.21. The summed E-state index contributed by atoms with van der Waals surface area (Å²) in [6.45, 7) is 1.51. The number of hydrogen-bond acceptors (Lipinski definition) is 6. The number of nitrogens with zero attached hydrogens (tertiary/aromatic N) is 4. The van der Waals surface area contributed by atoms with Crippen molar-refractivity contribution in [3.05, 3.63) is 60.9 Å². The minimum Gasteiger partial charge on any atom is -0.497 e. The van der Waals surface area contributed by atoms with E-state index >= 15 is 0 Å². The normalized spacial score (nSPS) is 15.8. The SMILES string of the molecule is COc1ccc(-c2cc(N3CCCC(C(=O)Nc4ccc(N(C)C)cc4)C3)ncn2)cc1. The van der Waals surface area contributed by atoms with E-state index in [4.69, 9.17) is 4.74 Å². The predicted molar refractivity (Wildman–Crippen MR) is 128 cm³/mol. The second kappa shape index (κ2) is 9.68. The van der Waals surface area contributed by atoms with Gasteiger partial charge in [-0.1, -0.05) is 0 Å². The molecule has 1 saturated heterocycles. The molecule has 2 aromatic carbocycles. The number of rotatable bonds is 6. The van der Waals surface area contributed by atoms with Crippen LogP contribution in [0.2, 0.25) is 0 Å². The summed E-state index contributed by atoms with van der Waals surface area (Å²) in [5.74, 6) is 1.62. The Bertz CT molecular complexity index is 1050. The molecule has 1 aliphatic heterocycles. The van der Waals surface area contributed by atoms with Gasteiger partial charge >= 0.3 is 0 Å². The van der Waals surface area contributed by atoms with Crippen molar-refractivity contribution in [2.45, 2.75) is 12.8 Å². The first-order valence-electron chi connectivity index (χ1n) is 10.8. The molecule has 1 fully saturated rings. The van der Waals surface area contributed by atoms with Crippen LogP contribution in [-0.2, 0) is 4.79 Å². The molecule has 32 heavy (non-hydrogen) atoms. The minimum atomic E-state index is -0.0864. The Kier molecular flexibility index (Phi) is 6.54. The van der Waals surface area contributed by atoms with Crippen LogP contribution in [0.5, 0.6) is 5.75 Å². The summed E-state index contributed by atoms with van der Waals surface area (Å²) in [5, 5.41) is 3.07. The molecule has 0 saturated carbocycles. The molecule has 4 rings (SSSR count). The van der Waals surface area contributed by atoms with E-state index in [1.807, 2.05) is 73.6 Å². The Labute approximate surface area is 189 Å². The van der Waals surface area contributed by atoms with Crippen LogP contribution in [-0.4, -0.2) is 50.2 Å². The highest BCUT2D eigenvalue weighted by Crippen LogP contribution is 2.27. The molecule has 0 aliphatic carbocycles. The number of carbonyl (C=O) groups excluding carboxylic acids is 1. The summed E-state index contributed by atoms with van der Waals surface area (Å²) >= 11 is 0. The Morgan fingerprint density at radius 1 is 1.09 bits per heavy atom. The van der Waals surface area contributed by atoms with Gasteiger partial charge in [0.25, 0.3) is 0 Å².